The smallest absolute Gasteiger partial charge is 0.271 e. The van der Waals surface area contributed by atoms with E-state index in [1.165, 1.54) is 18.0 Å². The molecule has 0 saturated heterocycles. The first-order chi connectivity index (χ1) is 18.1. The minimum absolute atomic E-state index is 0.0603. The van der Waals surface area contributed by atoms with Crippen molar-refractivity contribution in [3.8, 4) is 22.9 Å². The first kappa shape index (κ1) is 25.5. The van der Waals surface area contributed by atoms with Crippen molar-refractivity contribution in [2.45, 2.75) is 36.0 Å². The minimum atomic E-state index is -3.52. The Kier molecular flexibility index (Phi) is 6.44. The van der Waals surface area contributed by atoms with E-state index < -0.39 is 21.7 Å². The van der Waals surface area contributed by atoms with E-state index in [0.29, 0.717) is 41.4 Å². The summed E-state index contributed by atoms with van der Waals surface area (Å²) in [6, 6.07) is 0. The summed E-state index contributed by atoms with van der Waals surface area (Å²) in [5.74, 6) is -0.423. The topological polar surface area (TPSA) is 224 Å². The molecule has 4 aromatic rings. The molecule has 0 bridgehead atoms. The van der Waals surface area contributed by atoms with Crippen LogP contribution in [0.4, 0.5) is 0 Å². The zero-order chi connectivity index (χ0) is 27.2. The number of aromatic nitrogens is 6. The Labute approximate surface area is 219 Å². The fraction of sp³-hybridized carbons (Fsp3) is 0.273. The van der Waals surface area contributed by atoms with E-state index in [2.05, 4.69) is 30.2 Å². The monoisotopic (exact) mass is 556 g/mol. The SMILES string of the molecule is CS(=O)(=O)c1ncc2c(n1)-c1onc(C(N)=O)c1CC2.CSc1ncc2c(n1)-c1onc(C(N)=O)c1CC2. The number of hydrogen-bond acceptors (Lipinski definition) is 13. The van der Waals surface area contributed by atoms with Crippen molar-refractivity contribution in [2.75, 3.05) is 12.5 Å². The van der Waals surface area contributed by atoms with Gasteiger partial charge in [-0.25, -0.2) is 28.4 Å². The second-order valence-corrected chi connectivity index (χ2v) is 11.1. The standard InChI is InChI=1S/C11H10N4O4S.C11H10N4O2S/c1-20(17,18)11-13-4-5-2-3-6-8(10(12)16)15-19-9(6)7(5)14-11;1-18-11-13-4-5-2-3-6-8(10(12)16)15-17-9(6)7(5)14-11/h4H,2-3H2,1H3,(H2,12,16);4H,2-3H2,1H3,(H2,12,16). The molecule has 0 atom stereocenters. The van der Waals surface area contributed by atoms with Gasteiger partial charge in [-0.3, -0.25) is 9.59 Å². The van der Waals surface area contributed by atoms with Crippen LogP contribution in [0.3, 0.4) is 0 Å². The summed E-state index contributed by atoms with van der Waals surface area (Å²) in [5.41, 5.74) is 14.9. The number of nitrogens with two attached hydrogens (primary N) is 2. The number of carbonyl (C=O) groups excluding carboxylic acids is 2. The fourth-order valence-electron chi connectivity index (χ4n) is 4.18. The highest BCUT2D eigenvalue weighted by Crippen LogP contribution is 2.35. The molecule has 196 valence electrons. The molecular formula is C22H20N8O6S2. The van der Waals surface area contributed by atoms with Crippen LogP contribution in [-0.4, -0.2) is 63.0 Å². The van der Waals surface area contributed by atoms with E-state index in [1.807, 2.05) is 6.26 Å². The van der Waals surface area contributed by atoms with Gasteiger partial charge in [0.1, 0.15) is 11.4 Å². The van der Waals surface area contributed by atoms with Gasteiger partial charge in [0.05, 0.1) is 0 Å². The molecule has 0 radical (unpaired) electrons. The lowest BCUT2D eigenvalue weighted by atomic mass is 9.94. The van der Waals surface area contributed by atoms with E-state index >= 15 is 0 Å². The Morgan fingerprint density at radius 1 is 0.842 bits per heavy atom. The summed E-state index contributed by atoms with van der Waals surface area (Å²) >= 11 is 1.45. The summed E-state index contributed by atoms with van der Waals surface area (Å²) in [6.07, 6.45) is 8.69. The van der Waals surface area contributed by atoms with Crippen LogP contribution in [0.2, 0.25) is 0 Å². The van der Waals surface area contributed by atoms with Gasteiger partial charge >= 0.3 is 0 Å². The number of carbonyl (C=O) groups is 2. The van der Waals surface area contributed by atoms with Gasteiger partial charge in [0, 0.05) is 40.9 Å². The molecule has 2 aliphatic carbocycles. The molecule has 4 heterocycles. The van der Waals surface area contributed by atoms with Gasteiger partial charge in [-0.15, -0.1) is 0 Å². The molecule has 16 heteroatoms. The highest BCUT2D eigenvalue weighted by molar-refractivity contribution is 7.98. The Bertz CT molecular complexity index is 1710. The fourth-order valence-corrected chi connectivity index (χ4v) is 5.02. The van der Waals surface area contributed by atoms with Gasteiger partial charge in [0.25, 0.3) is 11.8 Å². The molecule has 0 fully saturated rings. The van der Waals surface area contributed by atoms with Gasteiger partial charge in [-0.05, 0) is 31.9 Å². The van der Waals surface area contributed by atoms with E-state index in [4.69, 9.17) is 20.5 Å². The van der Waals surface area contributed by atoms with Crippen LogP contribution in [-0.2, 0) is 35.5 Å². The minimum Gasteiger partial charge on any atom is -0.364 e. The molecule has 0 unspecified atom stereocenters. The highest BCUT2D eigenvalue weighted by atomic mass is 32.2. The Morgan fingerprint density at radius 2 is 1.34 bits per heavy atom. The van der Waals surface area contributed by atoms with Crippen LogP contribution in [0.15, 0.2) is 31.8 Å². The maximum absolute atomic E-state index is 11.5. The third kappa shape index (κ3) is 4.51. The van der Waals surface area contributed by atoms with Crippen LogP contribution in [0.25, 0.3) is 22.9 Å². The molecule has 2 aliphatic rings. The number of hydrogen-bond donors (Lipinski definition) is 2. The number of sulfone groups is 1. The van der Waals surface area contributed by atoms with Crippen molar-refractivity contribution < 1.29 is 27.1 Å². The van der Waals surface area contributed by atoms with Crippen LogP contribution in [0, 0.1) is 0 Å². The summed E-state index contributed by atoms with van der Waals surface area (Å²) in [5, 5.41) is 7.74. The third-order valence-electron chi connectivity index (χ3n) is 5.96. The van der Waals surface area contributed by atoms with E-state index in [1.54, 1.807) is 6.20 Å². The van der Waals surface area contributed by atoms with Crippen molar-refractivity contribution in [3.63, 3.8) is 0 Å². The lowest BCUT2D eigenvalue weighted by molar-refractivity contribution is 0.0982. The Balaban J connectivity index is 0.000000156. The Morgan fingerprint density at radius 3 is 1.82 bits per heavy atom. The van der Waals surface area contributed by atoms with Gasteiger partial charge in [-0.1, -0.05) is 22.1 Å². The lowest BCUT2D eigenvalue weighted by Gasteiger charge is -2.13. The number of amides is 2. The molecule has 38 heavy (non-hydrogen) atoms. The summed E-state index contributed by atoms with van der Waals surface area (Å²) in [7, 11) is -3.52. The van der Waals surface area contributed by atoms with Crippen LogP contribution in [0.5, 0.6) is 0 Å². The maximum atomic E-state index is 11.5. The number of primary amides is 2. The van der Waals surface area contributed by atoms with Crippen molar-refractivity contribution in [1.29, 1.82) is 0 Å². The number of thioether (sulfide) groups is 1. The second-order valence-electron chi connectivity index (χ2n) is 8.44. The average Bonchev–Trinajstić information content (AvgIpc) is 3.53. The van der Waals surface area contributed by atoms with Crippen molar-refractivity contribution in [3.05, 3.63) is 46.0 Å². The number of aryl methyl sites for hydroxylation is 2. The number of fused-ring (bicyclic) bond motifs is 6. The van der Waals surface area contributed by atoms with Gasteiger partial charge in [-0.2, -0.15) is 0 Å². The Hall–Kier alpha value is -4.18. The molecule has 0 spiro atoms. The zero-order valence-corrected chi connectivity index (χ0v) is 21.7. The molecule has 14 nitrogen and oxygen atoms in total. The normalized spacial score (nSPS) is 13.3. The molecule has 6 rings (SSSR count). The molecular weight excluding hydrogens is 536 g/mol. The maximum Gasteiger partial charge on any atom is 0.271 e. The van der Waals surface area contributed by atoms with Gasteiger partial charge < -0.3 is 20.5 Å². The first-order valence-electron chi connectivity index (χ1n) is 11.1. The molecule has 0 saturated carbocycles. The first-order valence-corrected chi connectivity index (χ1v) is 14.2. The molecule has 4 aromatic heterocycles. The largest absolute Gasteiger partial charge is 0.364 e. The van der Waals surface area contributed by atoms with E-state index in [-0.39, 0.29) is 22.3 Å². The second kappa shape index (κ2) is 9.60. The average molecular weight is 557 g/mol. The number of rotatable bonds is 4. The predicted molar refractivity (Wildman–Crippen MR) is 132 cm³/mol. The van der Waals surface area contributed by atoms with Crippen molar-refractivity contribution >= 4 is 33.4 Å². The lowest BCUT2D eigenvalue weighted by Crippen LogP contribution is -2.16. The van der Waals surface area contributed by atoms with Crippen LogP contribution >= 0.6 is 11.8 Å². The zero-order valence-electron chi connectivity index (χ0n) is 20.1. The number of nitrogens with zero attached hydrogens (tertiary/aromatic N) is 6. The summed E-state index contributed by atoms with van der Waals surface area (Å²) in [4.78, 5) is 38.9. The van der Waals surface area contributed by atoms with Gasteiger partial charge in [0.15, 0.2) is 28.1 Å². The third-order valence-corrected chi connectivity index (χ3v) is 7.38. The van der Waals surface area contributed by atoms with Crippen LogP contribution in [0.1, 0.15) is 43.2 Å². The van der Waals surface area contributed by atoms with Crippen LogP contribution < -0.4 is 11.5 Å². The molecule has 4 N–H and O–H groups in total. The predicted octanol–water partition coefficient (Wildman–Crippen LogP) is 0.784. The van der Waals surface area contributed by atoms with Crippen molar-refractivity contribution in [2.24, 2.45) is 11.5 Å². The van der Waals surface area contributed by atoms with Crippen molar-refractivity contribution in [1.82, 2.24) is 30.2 Å². The highest BCUT2D eigenvalue weighted by Gasteiger charge is 2.30. The quantitative estimate of drug-likeness (QED) is 0.262. The van der Waals surface area contributed by atoms with E-state index in [0.717, 1.165) is 35.1 Å². The summed E-state index contributed by atoms with van der Waals surface area (Å²) in [6.45, 7) is 0. The summed E-state index contributed by atoms with van der Waals surface area (Å²) < 4.78 is 33.3. The van der Waals surface area contributed by atoms with Gasteiger partial charge in [0.2, 0.25) is 15.0 Å². The molecule has 0 aromatic carbocycles. The molecule has 0 aliphatic heterocycles. The van der Waals surface area contributed by atoms with E-state index in [9.17, 15) is 18.0 Å². The molecule has 2 amide bonds.